The molecule has 0 bridgehead atoms. The molecule has 9 nitrogen and oxygen atoms in total. The molecule has 0 unspecified atom stereocenters. The minimum atomic E-state index is -0.635. The van der Waals surface area contributed by atoms with Gasteiger partial charge in [0.1, 0.15) is 5.60 Å². The first-order chi connectivity index (χ1) is 20.1. The molecule has 5 aromatic rings. The summed E-state index contributed by atoms with van der Waals surface area (Å²) >= 11 is 6.02. The smallest absolute Gasteiger partial charge is 0.412 e. The molecule has 1 amide bonds. The minimum Gasteiger partial charge on any atom is -0.444 e. The summed E-state index contributed by atoms with van der Waals surface area (Å²) in [4.78, 5) is 43.7. The Morgan fingerprint density at radius 2 is 1.69 bits per heavy atom. The van der Waals surface area contributed by atoms with Crippen molar-refractivity contribution in [3.8, 4) is 5.69 Å². The molecule has 0 aliphatic heterocycles. The Labute approximate surface area is 248 Å². The van der Waals surface area contributed by atoms with E-state index in [0.717, 1.165) is 11.3 Å². The summed E-state index contributed by atoms with van der Waals surface area (Å²) in [5.74, 6) is 0. The van der Waals surface area contributed by atoms with Crippen LogP contribution in [0.3, 0.4) is 0 Å². The first-order valence-electron chi connectivity index (χ1n) is 13.7. The van der Waals surface area contributed by atoms with Gasteiger partial charge in [-0.2, -0.15) is 0 Å². The molecular weight excluding hydrogens is 554 g/mol. The van der Waals surface area contributed by atoms with E-state index in [2.05, 4.69) is 14.9 Å². The van der Waals surface area contributed by atoms with Crippen LogP contribution in [0.2, 0.25) is 5.02 Å². The zero-order valence-electron chi connectivity index (χ0n) is 23.7. The number of nitrogens with one attached hydrogen (secondary N) is 1. The summed E-state index contributed by atoms with van der Waals surface area (Å²) < 4.78 is 10.2. The molecule has 5 rings (SSSR count). The second-order valence-corrected chi connectivity index (χ2v) is 11.4. The third kappa shape index (κ3) is 6.63. The van der Waals surface area contributed by atoms with E-state index in [-0.39, 0.29) is 0 Å². The van der Waals surface area contributed by atoms with Crippen molar-refractivity contribution in [2.24, 2.45) is 0 Å². The number of amides is 1. The highest BCUT2D eigenvalue weighted by Gasteiger charge is 2.17. The van der Waals surface area contributed by atoms with Crippen LogP contribution in [0, 0.1) is 0 Å². The first-order valence-corrected chi connectivity index (χ1v) is 14.1. The number of aromatic nitrogens is 4. The lowest BCUT2D eigenvalue weighted by atomic mass is 10.2. The molecule has 2 heterocycles. The quantitative estimate of drug-likeness (QED) is 0.240. The van der Waals surface area contributed by atoms with E-state index in [0.29, 0.717) is 53.2 Å². The lowest BCUT2D eigenvalue weighted by Gasteiger charge is -2.19. The van der Waals surface area contributed by atoms with Crippen LogP contribution >= 0.6 is 11.6 Å². The molecule has 0 radical (unpaired) electrons. The second kappa shape index (κ2) is 12.1. The topological polar surface area (TPSA) is 100 Å². The number of rotatable bonds is 8. The van der Waals surface area contributed by atoms with Crippen LogP contribution in [-0.2, 0) is 24.2 Å². The lowest BCUT2D eigenvalue weighted by Crippen LogP contribution is -2.39. The molecule has 10 heteroatoms. The van der Waals surface area contributed by atoms with E-state index in [9.17, 15) is 14.4 Å². The third-order valence-corrected chi connectivity index (χ3v) is 6.95. The van der Waals surface area contributed by atoms with Crippen LogP contribution in [0.5, 0.6) is 0 Å². The number of nitrogens with zero attached hydrogens (tertiary/aromatic N) is 4. The number of benzene rings is 3. The predicted octanol–water partition coefficient (Wildman–Crippen LogP) is 6.03. The number of para-hydroxylation sites is 1. The maximum Gasteiger partial charge on any atom is 0.412 e. The minimum absolute atomic E-state index is 0.402. The number of hydrogen-bond acceptors (Lipinski definition) is 5. The highest BCUT2D eigenvalue weighted by atomic mass is 35.5. The number of anilines is 1. The average molecular weight is 586 g/mol. The molecule has 0 atom stereocenters. The van der Waals surface area contributed by atoms with Gasteiger partial charge < -0.3 is 9.30 Å². The Morgan fingerprint density at radius 3 is 2.40 bits per heavy atom. The second-order valence-electron chi connectivity index (χ2n) is 11.0. The summed E-state index contributed by atoms with van der Waals surface area (Å²) in [6, 6.07) is 21.3. The number of fused-ring (bicyclic) bond motifs is 1. The predicted molar refractivity (Wildman–Crippen MR) is 165 cm³/mol. The molecule has 0 saturated heterocycles. The van der Waals surface area contributed by atoms with Crippen molar-refractivity contribution in [1.82, 2.24) is 18.7 Å². The van der Waals surface area contributed by atoms with Crippen LogP contribution < -0.4 is 16.6 Å². The van der Waals surface area contributed by atoms with E-state index in [1.807, 2.05) is 36.5 Å². The standard InChI is InChI=1S/C32H32ClN5O4/c1-32(2,3)42-30(40)35-24-14-16-25(17-15-24)38-29(39)27-8-4-5-9-28(27)37(31(38)41)18-6-7-26-19-34-21-36(26)20-22-10-12-23(33)13-11-22/h4-5,8-17,19,21H,6-7,18,20H2,1-3H3,(H,35,40). The van der Waals surface area contributed by atoms with Crippen LogP contribution in [0.15, 0.2) is 94.9 Å². The SMILES string of the molecule is CC(C)(C)OC(=O)Nc1ccc(-n2c(=O)c3ccccc3n(CCCc3cncn3Cc3ccc(Cl)cc3)c2=O)cc1. The van der Waals surface area contributed by atoms with Gasteiger partial charge in [-0.15, -0.1) is 0 Å². The van der Waals surface area contributed by atoms with Crippen molar-refractivity contribution in [2.45, 2.75) is 52.3 Å². The van der Waals surface area contributed by atoms with Gasteiger partial charge in [0.15, 0.2) is 0 Å². The Balaban J connectivity index is 1.38. The van der Waals surface area contributed by atoms with Gasteiger partial charge in [-0.05, 0) is 87.7 Å². The fourth-order valence-corrected chi connectivity index (χ4v) is 4.91. The third-order valence-electron chi connectivity index (χ3n) is 6.70. The summed E-state index contributed by atoms with van der Waals surface area (Å²) in [5.41, 5.74) is 2.16. The van der Waals surface area contributed by atoms with Crippen molar-refractivity contribution < 1.29 is 9.53 Å². The largest absolute Gasteiger partial charge is 0.444 e. The van der Waals surface area contributed by atoms with Crippen molar-refractivity contribution in [2.75, 3.05) is 5.32 Å². The fraction of sp³-hybridized carbons (Fsp3) is 0.250. The van der Waals surface area contributed by atoms with Crippen molar-refractivity contribution in [3.63, 3.8) is 0 Å². The Hall–Kier alpha value is -4.63. The monoisotopic (exact) mass is 585 g/mol. The van der Waals surface area contributed by atoms with Crippen molar-refractivity contribution >= 4 is 34.3 Å². The van der Waals surface area contributed by atoms with E-state index in [1.54, 1.807) is 74.1 Å². The van der Waals surface area contributed by atoms with Crippen molar-refractivity contribution in [1.29, 1.82) is 0 Å². The van der Waals surface area contributed by atoms with Gasteiger partial charge >= 0.3 is 11.8 Å². The zero-order valence-corrected chi connectivity index (χ0v) is 24.5. The molecule has 2 aromatic heterocycles. The molecule has 1 N–H and O–H groups in total. The molecule has 42 heavy (non-hydrogen) atoms. The Morgan fingerprint density at radius 1 is 0.976 bits per heavy atom. The molecule has 0 fully saturated rings. The molecule has 3 aromatic carbocycles. The van der Waals surface area contributed by atoms with Crippen molar-refractivity contribution in [3.05, 3.63) is 122 Å². The molecular formula is C32H32ClN5O4. The summed E-state index contributed by atoms with van der Waals surface area (Å²) in [5, 5.41) is 3.80. The molecule has 0 saturated carbocycles. The maximum atomic E-state index is 13.8. The molecule has 0 aliphatic rings. The van der Waals surface area contributed by atoms with Crippen LogP contribution in [-0.4, -0.2) is 30.4 Å². The zero-order chi connectivity index (χ0) is 29.9. The van der Waals surface area contributed by atoms with Crippen LogP contribution in [0.25, 0.3) is 16.6 Å². The van der Waals surface area contributed by atoms with Gasteiger partial charge in [-0.25, -0.2) is 19.1 Å². The van der Waals surface area contributed by atoms with E-state index >= 15 is 0 Å². The Kier molecular flexibility index (Phi) is 8.31. The average Bonchev–Trinajstić information content (AvgIpc) is 3.38. The van der Waals surface area contributed by atoms with Gasteiger partial charge in [0.2, 0.25) is 0 Å². The number of halogens is 1. The fourth-order valence-electron chi connectivity index (χ4n) is 4.78. The number of hydrogen-bond donors (Lipinski definition) is 1. The highest BCUT2D eigenvalue weighted by Crippen LogP contribution is 2.17. The normalized spacial score (nSPS) is 11.5. The number of aryl methyl sites for hydroxylation is 2. The molecule has 216 valence electrons. The molecule has 0 spiro atoms. The number of imidazole rings is 1. The lowest BCUT2D eigenvalue weighted by molar-refractivity contribution is 0.0636. The maximum absolute atomic E-state index is 13.8. The van der Waals surface area contributed by atoms with Gasteiger partial charge in [0, 0.05) is 35.7 Å². The number of carbonyl (C=O) groups excluding carboxylic acids is 1. The van der Waals surface area contributed by atoms with E-state index < -0.39 is 22.9 Å². The first kappa shape index (κ1) is 28.9. The molecule has 0 aliphatic carbocycles. The van der Waals surface area contributed by atoms with E-state index in [1.165, 1.54) is 4.57 Å². The van der Waals surface area contributed by atoms with Gasteiger partial charge in [0.25, 0.3) is 5.56 Å². The summed E-state index contributed by atoms with van der Waals surface area (Å²) in [7, 11) is 0. The summed E-state index contributed by atoms with van der Waals surface area (Å²) in [6.07, 6.45) is 4.40. The van der Waals surface area contributed by atoms with Crippen LogP contribution in [0.4, 0.5) is 10.5 Å². The van der Waals surface area contributed by atoms with Gasteiger partial charge in [-0.1, -0.05) is 35.9 Å². The van der Waals surface area contributed by atoms with Gasteiger partial charge in [0.05, 0.1) is 22.9 Å². The van der Waals surface area contributed by atoms with E-state index in [4.69, 9.17) is 16.3 Å². The Bertz CT molecular complexity index is 1830. The number of carbonyl (C=O) groups is 1. The van der Waals surface area contributed by atoms with Crippen LogP contribution in [0.1, 0.15) is 38.4 Å². The van der Waals surface area contributed by atoms with Gasteiger partial charge in [-0.3, -0.25) is 14.7 Å². The number of ether oxygens (including phenoxy) is 1. The highest BCUT2D eigenvalue weighted by molar-refractivity contribution is 6.30. The summed E-state index contributed by atoms with van der Waals surface area (Å²) in [6.45, 7) is 6.41.